The molecule has 0 bridgehead atoms. The van der Waals surface area contributed by atoms with Gasteiger partial charge in [-0.2, -0.15) is 0 Å². The Balaban J connectivity index is 1.50. The summed E-state index contributed by atoms with van der Waals surface area (Å²) in [5, 5.41) is 0. The predicted octanol–water partition coefficient (Wildman–Crippen LogP) is 7.01. The third-order valence-electron chi connectivity index (χ3n) is 8.70. The SMILES string of the molecule is COC(=O)CCCOc1ccc2c(c1)O[C@@](C)(CCC=C(C)C)[C@H]1CC3(CCN(C(=O)OC(C)(C)C)CC3)CO[C@H]21. The van der Waals surface area contributed by atoms with E-state index in [1.807, 2.05) is 37.8 Å². The molecule has 3 atom stereocenters. The number of benzene rings is 1. The summed E-state index contributed by atoms with van der Waals surface area (Å²) >= 11 is 0. The van der Waals surface area contributed by atoms with E-state index in [0.717, 1.165) is 49.2 Å². The van der Waals surface area contributed by atoms with Gasteiger partial charge in [0.25, 0.3) is 0 Å². The molecular weight excluding hydrogens is 522 g/mol. The molecule has 3 heterocycles. The van der Waals surface area contributed by atoms with Crippen LogP contribution in [0.2, 0.25) is 0 Å². The van der Waals surface area contributed by atoms with Crippen LogP contribution >= 0.6 is 0 Å². The lowest BCUT2D eigenvalue weighted by molar-refractivity contribution is -0.179. The Hall–Kier alpha value is -2.74. The van der Waals surface area contributed by atoms with Crippen molar-refractivity contribution in [2.45, 2.75) is 104 Å². The maximum absolute atomic E-state index is 12.7. The standard InChI is InChI=1S/C33H49NO7/c1-23(2)10-8-14-32(6)26-21-33(15-17-34(18-16-33)30(36)41-31(3,4)5)22-39-29(26)25-13-12-24(20-27(25)40-32)38-19-9-11-28(35)37-7/h10,12-13,20,26,29H,8-9,11,14-19,21-22H2,1-7H3/t26-,29+,32-/m0/s1. The van der Waals surface area contributed by atoms with Gasteiger partial charge in [0.05, 0.1) is 26.4 Å². The first-order chi connectivity index (χ1) is 19.3. The molecule has 1 spiro atoms. The third kappa shape index (κ3) is 7.76. The highest BCUT2D eigenvalue weighted by molar-refractivity contribution is 5.69. The molecule has 228 valence electrons. The second kappa shape index (κ2) is 12.6. The van der Waals surface area contributed by atoms with Crippen LogP contribution in [0.4, 0.5) is 4.79 Å². The Labute approximate surface area is 245 Å². The molecule has 0 aromatic heterocycles. The maximum Gasteiger partial charge on any atom is 0.410 e. The van der Waals surface area contributed by atoms with Gasteiger partial charge in [-0.25, -0.2) is 4.79 Å². The summed E-state index contributed by atoms with van der Waals surface area (Å²) in [4.78, 5) is 26.0. The average molecular weight is 572 g/mol. The van der Waals surface area contributed by atoms with Crippen molar-refractivity contribution in [3.8, 4) is 11.5 Å². The van der Waals surface area contributed by atoms with Gasteiger partial charge in [-0.15, -0.1) is 0 Å². The number of esters is 1. The molecule has 0 unspecified atom stereocenters. The Morgan fingerprint density at radius 2 is 1.90 bits per heavy atom. The number of ether oxygens (including phenoxy) is 5. The molecule has 1 aromatic rings. The zero-order chi connectivity index (χ0) is 29.8. The quantitative estimate of drug-likeness (QED) is 0.188. The van der Waals surface area contributed by atoms with E-state index in [1.54, 1.807) is 0 Å². The first-order valence-electron chi connectivity index (χ1n) is 15.1. The minimum Gasteiger partial charge on any atom is -0.493 e. The Morgan fingerprint density at radius 3 is 2.56 bits per heavy atom. The second-order valence-corrected chi connectivity index (χ2v) is 13.5. The van der Waals surface area contributed by atoms with Gasteiger partial charge in [-0.05, 0) is 97.6 Å². The van der Waals surface area contributed by atoms with Crippen LogP contribution in [0.5, 0.6) is 11.5 Å². The summed E-state index contributed by atoms with van der Waals surface area (Å²) in [6, 6.07) is 6.01. The highest BCUT2D eigenvalue weighted by Gasteiger charge is 2.54. The van der Waals surface area contributed by atoms with E-state index in [0.29, 0.717) is 39.1 Å². The number of fused-ring (bicyclic) bond motifs is 3. The lowest BCUT2D eigenvalue weighted by Crippen LogP contribution is -2.56. The number of amides is 1. The van der Waals surface area contributed by atoms with E-state index in [4.69, 9.17) is 23.7 Å². The van der Waals surface area contributed by atoms with Crippen LogP contribution in [-0.4, -0.2) is 61.6 Å². The minimum atomic E-state index is -0.499. The number of allylic oxidation sites excluding steroid dienone is 2. The van der Waals surface area contributed by atoms with Gasteiger partial charge in [0, 0.05) is 37.1 Å². The van der Waals surface area contributed by atoms with Crippen molar-refractivity contribution < 1.29 is 33.3 Å². The number of likely N-dealkylation sites (tertiary alicyclic amines) is 1. The molecule has 3 aliphatic heterocycles. The largest absolute Gasteiger partial charge is 0.493 e. The van der Waals surface area contributed by atoms with E-state index < -0.39 is 11.2 Å². The molecule has 3 aliphatic rings. The molecule has 0 N–H and O–H groups in total. The highest BCUT2D eigenvalue weighted by Crippen LogP contribution is 2.57. The average Bonchev–Trinajstić information content (AvgIpc) is 2.90. The van der Waals surface area contributed by atoms with Crippen molar-refractivity contribution in [2.24, 2.45) is 11.3 Å². The van der Waals surface area contributed by atoms with Crippen LogP contribution in [0.3, 0.4) is 0 Å². The van der Waals surface area contributed by atoms with Crippen LogP contribution in [-0.2, 0) is 19.0 Å². The van der Waals surface area contributed by atoms with Crippen LogP contribution in [0.1, 0.15) is 98.2 Å². The Bertz CT molecular complexity index is 1110. The monoisotopic (exact) mass is 571 g/mol. The number of rotatable bonds is 8. The van der Waals surface area contributed by atoms with Crippen LogP contribution in [0, 0.1) is 11.3 Å². The molecule has 0 saturated carbocycles. The van der Waals surface area contributed by atoms with E-state index in [2.05, 4.69) is 32.9 Å². The molecule has 4 rings (SSSR count). The number of piperidine rings is 1. The van der Waals surface area contributed by atoms with Crippen LogP contribution in [0.25, 0.3) is 0 Å². The number of carbonyl (C=O) groups excluding carboxylic acids is 2. The van der Waals surface area contributed by atoms with E-state index in [9.17, 15) is 9.59 Å². The zero-order valence-electron chi connectivity index (χ0n) is 26.0. The molecule has 1 aromatic carbocycles. The van der Waals surface area contributed by atoms with Crippen LogP contribution in [0.15, 0.2) is 29.8 Å². The smallest absolute Gasteiger partial charge is 0.410 e. The van der Waals surface area contributed by atoms with Gasteiger partial charge < -0.3 is 28.6 Å². The molecular formula is C33H49NO7. The summed E-state index contributed by atoms with van der Waals surface area (Å²) in [7, 11) is 1.40. The fraction of sp³-hybridized carbons (Fsp3) is 0.697. The van der Waals surface area contributed by atoms with E-state index in [-0.39, 0.29) is 29.5 Å². The van der Waals surface area contributed by atoms with Gasteiger partial charge in [-0.1, -0.05) is 11.6 Å². The van der Waals surface area contributed by atoms with Gasteiger partial charge in [-0.3, -0.25) is 4.79 Å². The third-order valence-corrected chi connectivity index (χ3v) is 8.70. The van der Waals surface area contributed by atoms with E-state index in [1.165, 1.54) is 12.7 Å². The number of carbonyl (C=O) groups is 2. The number of hydrogen-bond acceptors (Lipinski definition) is 7. The zero-order valence-corrected chi connectivity index (χ0v) is 26.0. The lowest BCUT2D eigenvalue weighted by atomic mass is 9.63. The summed E-state index contributed by atoms with van der Waals surface area (Å²) in [5.74, 6) is 1.49. The molecule has 8 heteroatoms. The van der Waals surface area contributed by atoms with E-state index >= 15 is 0 Å². The molecule has 41 heavy (non-hydrogen) atoms. The highest BCUT2D eigenvalue weighted by atomic mass is 16.6. The summed E-state index contributed by atoms with van der Waals surface area (Å²) < 4.78 is 29.9. The molecule has 2 fully saturated rings. The van der Waals surface area contributed by atoms with Gasteiger partial charge in [0.1, 0.15) is 22.7 Å². The Kier molecular flexibility index (Phi) is 9.62. The Morgan fingerprint density at radius 1 is 1.17 bits per heavy atom. The predicted molar refractivity (Wildman–Crippen MR) is 157 cm³/mol. The number of methoxy groups -OCH3 is 1. The van der Waals surface area contributed by atoms with Crippen molar-refractivity contribution in [3.63, 3.8) is 0 Å². The second-order valence-electron chi connectivity index (χ2n) is 13.5. The summed E-state index contributed by atoms with van der Waals surface area (Å²) in [6.45, 7) is 14.7. The van der Waals surface area contributed by atoms with Gasteiger partial charge >= 0.3 is 12.1 Å². The van der Waals surface area contributed by atoms with Crippen molar-refractivity contribution in [1.82, 2.24) is 4.90 Å². The van der Waals surface area contributed by atoms with Crippen molar-refractivity contribution in [2.75, 3.05) is 33.4 Å². The maximum atomic E-state index is 12.7. The fourth-order valence-corrected chi connectivity index (χ4v) is 6.34. The van der Waals surface area contributed by atoms with Gasteiger partial charge in [0.15, 0.2) is 0 Å². The number of nitrogens with zero attached hydrogens (tertiary/aromatic N) is 1. The summed E-state index contributed by atoms with van der Waals surface area (Å²) in [6.07, 6.45) is 7.50. The lowest BCUT2D eigenvalue weighted by Gasteiger charge is -2.55. The minimum absolute atomic E-state index is 0.0149. The van der Waals surface area contributed by atoms with Crippen molar-refractivity contribution >= 4 is 12.1 Å². The molecule has 2 saturated heterocycles. The molecule has 0 aliphatic carbocycles. The fourth-order valence-electron chi connectivity index (χ4n) is 6.34. The molecule has 0 radical (unpaired) electrons. The first kappa shape index (κ1) is 31.2. The molecule has 1 amide bonds. The van der Waals surface area contributed by atoms with Crippen LogP contribution < -0.4 is 9.47 Å². The summed E-state index contributed by atoms with van der Waals surface area (Å²) in [5.41, 5.74) is 1.47. The topological polar surface area (TPSA) is 83.5 Å². The first-order valence-corrected chi connectivity index (χ1v) is 15.1. The normalized spacial score (nSPS) is 24.9. The van der Waals surface area contributed by atoms with Gasteiger partial charge in [0.2, 0.25) is 0 Å². The number of hydrogen-bond donors (Lipinski definition) is 0. The molecule has 8 nitrogen and oxygen atoms in total. The van der Waals surface area contributed by atoms with Crippen molar-refractivity contribution in [3.05, 3.63) is 35.4 Å². The van der Waals surface area contributed by atoms with Crippen molar-refractivity contribution in [1.29, 1.82) is 0 Å².